The van der Waals surface area contributed by atoms with Gasteiger partial charge in [0.15, 0.2) is 0 Å². The van der Waals surface area contributed by atoms with Gasteiger partial charge in [0, 0.05) is 31.0 Å². The standard InChI is InChI=1S/C16H19N7OS/c1-3-25-16-20-15-18-10-12(11(2)23(15)21-16)13-4-5-17-14(19-13)22-6-8-24-9-7-22/h4-5,10H,3,6-9H2,1-2H3. The van der Waals surface area contributed by atoms with Crippen LogP contribution in [0.25, 0.3) is 17.0 Å². The maximum atomic E-state index is 5.40. The molecular weight excluding hydrogens is 338 g/mol. The molecule has 0 saturated carbocycles. The third kappa shape index (κ3) is 3.16. The van der Waals surface area contributed by atoms with E-state index in [1.165, 1.54) is 0 Å². The van der Waals surface area contributed by atoms with E-state index in [0.717, 1.165) is 46.9 Å². The minimum absolute atomic E-state index is 0.611. The van der Waals surface area contributed by atoms with E-state index in [1.807, 2.05) is 19.2 Å². The molecule has 0 unspecified atom stereocenters. The van der Waals surface area contributed by atoms with E-state index in [1.54, 1.807) is 22.5 Å². The number of fused-ring (bicyclic) bond motifs is 1. The summed E-state index contributed by atoms with van der Waals surface area (Å²) in [7, 11) is 0. The number of nitrogens with zero attached hydrogens (tertiary/aromatic N) is 7. The molecule has 4 rings (SSSR count). The molecule has 3 aromatic rings. The summed E-state index contributed by atoms with van der Waals surface area (Å²) >= 11 is 1.61. The maximum absolute atomic E-state index is 5.40. The van der Waals surface area contributed by atoms with Crippen molar-refractivity contribution in [3.05, 3.63) is 24.2 Å². The van der Waals surface area contributed by atoms with Crippen molar-refractivity contribution in [3.8, 4) is 11.3 Å². The fourth-order valence-electron chi connectivity index (χ4n) is 2.78. The highest BCUT2D eigenvalue weighted by atomic mass is 32.2. The summed E-state index contributed by atoms with van der Waals surface area (Å²) in [5.41, 5.74) is 2.73. The van der Waals surface area contributed by atoms with Crippen molar-refractivity contribution in [2.45, 2.75) is 19.0 Å². The Kier molecular flexibility index (Phi) is 4.50. The van der Waals surface area contributed by atoms with E-state index in [-0.39, 0.29) is 0 Å². The highest BCUT2D eigenvalue weighted by Crippen LogP contribution is 2.23. The minimum Gasteiger partial charge on any atom is -0.378 e. The number of hydrogen-bond acceptors (Lipinski definition) is 8. The van der Waals surface area contributed by atoms with Crippen LogP contribution in [-0.4, -0.2) is 61.6 Å². The fourth-order valence-corrected chi connectivity index (χ4v) is 3.32. The number of rotatable bonds is 4. The Hall–Kier alpha value is -2.26. The molecule has 0 spiro atoms. The van der Waals surface area contributed by atoms with Crippen LogP contribution in [0, 0.1) is 6.92 Å². The summed E-state index contributed by atoms with van der Waals surface area (Å²) in [6, 6.07) is 1.90. The summed E-state index contributed by atoms with van der Waals surface area (Å²) in [6.45, 7) is 7.11. The first kappa shape index (κ1) is 16.2. The molecule has 1 aliphatic rings. The Labute approximate surface area is 149 Å². The van der Waals surface area contributed by atoms with Gasteiger partial charge in [-0.25, -0.2) is 15.0 Å². The predicted molar refractivity (Wildman–Crippen MR) is 96.0 cm³/mol. The second-order valence-electron chi connectivity index (χ2n) is 5.64. The van der Waals surface area contributed by atoms with Crippen LogP contribution in [0.1, 0.15) is 12.6 Å². The number of aryl methyl sites for hydroxylation is 1. The quantitative estimate of drug-likeness (QED) is 0.654. The zero-order valence-electron chi connectivity index (χ0n) is 14.2. The molecule has 0 N–H and O–H groups in total. The molecule has 130 valence electrons. The average Bonchev–Trinajstić information content (AvgIpc) is 3.07. The van der Waals surface area contributed by atoms with Crippen LogP contribution >= 0.6 is 11.8 Å². The maximum Gasteiger partial charge on any atom is 0.253 e. The van der Waals surface area contributed by atoms with Gasteiger partial charge in [-0.3, -0.25) is 0 Å². The van der Waals surface area contributed by atoms with Crippen LogP contribution in [0.5, 0.6) is 0 Å². The lowest BCUT2D eigenvalue weighted by Crippen LogP contribution is -2.37. The van der Waals surface area contributed by atoms with Crippen LogP contribution < -0.4 is 4.90 Å². The van der Waals surface area contributed by atoms with Crippen molar-refractivity contribution < 1.29 is 4.74 Å². The molecule has 3 aromatic heterocycles. The second-order valence-corrected chi connectivity index (χ2v) is 6.87. The number of ether oxygens (including phenoxy) is 1. The molecule has 0 amide bonds. The number of hydrogen-bond donors (Lipinski definition) is 0. The van der Waals surface area contributed by atoms with Gasteiger partial charge in [-0.2, -0.15) is 9.50 Å². The number of aromatic nitrogens is 6. The molecule has 0 atom stereocenters. The smallest absolute Gasteiger partial charge is 0.253 e. The molecule has 8 nitrogen and oxygen atoms in total. The normalized spacial score (nSPS) is 15.0. The van der Waals surface area contributed by atoms with Crippen molar-refractivity contribution in [1.29, 1.82) is 0 Å². The lowest BCUT2D eigenvalue weighted by Gasteiger charge is -2.26. The molecule has 1 saturated heterocycles. The van der Waals surface area contributed by atoms with Crippen molar-refractivity contribution in [2.75, 3.05) is 37.0 Å². The average molecular weight is 357 g/mol. The largest absolute Gasteiger partial charge is 0.378 e. The number of anilines is 1. The number of morpholine rings is 1. The molecule has 0 radical (unpaired) electrons. The molecule has 9 heteroatoms. The molecule has 25 heavy (non-hydrogen) atoms. The van der Waals surface area contributed by atoms with Gasteiger partial charge in [0.25, 0.3) is 5.78 Å². The minimum atomic E-state index is 0.611. The Morgan fingerprint density at radius 2 is 2.04 bits per heavy atom. The van der Waals surface area contributed by atoms with Crippen molar-refractivity contribution in [2.24, 2.45) is 0 Å². The van der Waals surface area contributed by atoms with Crippen LogP contribution in [0.4, 0.5) is 5.95 Å². The molecule has 1 aliphatic heterocycles. The summed E-state index contributed by atoms with van der Waals surface area (Å²) in [5, 5.41) is 5.28. The summed E-state index contributed by atoms with van der Waals surface area (Å²) in [5.74, 6) is 2.26. The number of thioether (sulfide) groups is 1. The summed E-state index contributed by atoms with van der Waals surface area (Å²) < 4.78 is 7.18. The van der Waals surface area contributed by atoms with E-state index in [2.05, 4.69) is 31.9 Å². The Bertz CT molecular complexity index is 891. The van der Waals surface area contributed by atoms with Gasteiger partial charge in [-0.05, 0) is 18.7 Å². The van der Waals surface area contributed by atoms with Crippen LogP contribution in [0.15, 0.2) is 23.6 Å². The summed E-state index contributed by atoms with van der Waals surface area (Å²) in [6.07, 6.45) is 3.60. The second kappa shape index (κ2) is 6.93. The van der Waals surface area contributed by atoms with Crippen LogP contribution in [-0.2, 0) is 4.74 Å². The first-order valence-electron chi connectivity index (χ1n) is 8.27. The molecule has 0 aromatic carbocycles. The zero-order valence-corrected chi connectivity index (χ0v) is 15.0. The first-order valence-corrected chi connectivity index (χ1v) is 9.26. The highest BCUT2D eigenvalue weighted by Gasteiger charge is 2.16. The van der Waals surface area contributed by atoms with Gasteiger partial charge >= 0.3 is 0 Å². The highest BCUT2D eigenvalue weighted by molar-refractivity contribution is 7.99. The van der Waals surface area contributed by atoms with Gasteiger partial charge in [0.2, 0.25) is 11.1 Å². The molecule has 0 aliphatic carbocycles. The lowest BCUT2D eigenvalue weighted by molar-refractivity contribution is 0.122. The molecule has 0 bridgehead atoms. The zero-order chi connectivity index (χ0) is 17.2. The van der Waals surface area contributed by atoms with Gasteiger partial charge < -0.3 is 9.64 Å². The van der Waals surface area contributed by atoms with E-state index in [4.69, 9.17) is 9.72 Å². The molecule has 4 heterocycles. The van der Waals surface area contributed by atoms with Gasteiger partial charge in [0.1, 0.15) is 0 Å². The predicted octanol–water partition coefficient (Wildman–Crippen LogP) is 1.84. The van der Waals surface area contributed by atoms with Gasteiger partial charge in [-0.1, -0.05) is 18.7 Å². The van der Waals surface area contributed by atoms with Gasteiger partial charge in [-0.15, -0.1) is 5.10 Å². The van der Waals surface area contributed by atoms with Gasteiger partial charge in [0.05, 0.1) is 24.6 Å². The fraction of sp³-hybridized carbons (Fsp3) is 0.438. The SMILES string of the molecule is CCSc1nc2ncc(-c3ccnc(N4CCOCC4)n3)c(C)n2n1. The third-order valence-corrected chi connectivity index (χ3v) is 4.79. The molecular formula is C16H19N7OS. The monoisotopic (exact) mass is 357 g/mol. The Morgan fingerprint density at radius 1 is 1.20 bits per heavy atom. The Morgan fingerprint density at radius 3 is 2.84 bits per heavy atom. The Balaban J connectivity index is 1.72. The van der Waals surface area contributed by atoms with Crippen LogP contribution in [0.3, 0.4) is 0 Å². The lowest BCUT2D eigenvalue weighted by atomic mass is 10.2. The van der Waals surface area contributed by atoms with E-state index < -0.39 is 0 Å². The molecule has 1 fully saturated rings. The van der Waals surface area contributed by atoms with Crippen molar-refractivity contribution in [3.63, 3.8) is 0 Å². The summed E-state index contributed by atoms with van der Waals surface area (Å²) in [4.78, 5) is 20.2. The van der Waals surface area contributed by atoms with E-state index >= 15 is 0 Å². The van der Waals surface area contributed by atoms with Crippen LogP contribution in [0.2, 0.25) is 0 Å². The van der Waals surface area contributed by atoms with Crippen molar-refractivity contribution in [1.82, 2.24) is 29.5 Å². The third-order valence-electron chi connectivity index (χ3n) is 4.07. The first-order chi connectivity index (χ1) is 12.3. The van der Waals surface area contributed by atoms with E-state index in [9.17, 15) is 0 Å². The van der Waals surface area contributed by atoms with Crippen molar-refractivity contribution >= 4 is 23.5 Å². The topological polar surface area (TPSA) is 81.3 Å². The van der Waals surface area contributed by atoms with E-state index in [0.29, 0.717) is 19.0 Å².